The molecule has 0 saturated carbocycles. The highest BCUT2D eigenvalue weighted by atomic mass is 15.5. The minimum absolute atomic E-state index is 0.623. The number of benzene rings is 2. The molecule has 0 aliphatic heterocycles. The standard InChI is InChI=1S/C27H28N8/c1-2-3-13-26-29-25(17-15-20-9-5-4-6-10-20)32-35(26)19-21-14-16-24(28-18-21)22-11-7-8-12-23(22)27-30-33-34-31-27/h4-12,14,16,18H,2-3,13,15,17,19H2,1H3,(H,30,31,33,34). The van der Waals surface area contributed by atoms with E-state index in [1.807, 2.05) is 47.3 Å². The molecular formula is C27H28N8. The second kappa shape index (κ2) is 10.8. The highest BCUT2D eigenvalue weighted by molar-refractivity contribution is 5.78. The molecule has 0 saturated heterocycles. The molecule has 5 aromatic rings. The van der Waals surface area contributed by atoms with Gasteiger partial charge < -0.3 is 0 Å². The van der Waals surface area contributed by atoms with E-state index in [0.29, 0.717) is 12.4 Å². The Labute approximate surface area is 204 Å². The summed E-state index contributed by atoms with van der Waals surface area (Å²) >= 11 is 0. The fourth-order valence-corrected chi connectivity index (χ4v) is 4.12. The van der Waals surface area contributed by atoms with Crippen molar-refractivity contribution in [1.29, 1.82) is 0 Å². The Morgan fingerprint density at radius 2 is 1.66 bits per heavy atom. The van der Waals surface area contributed by atoms with Crippen LogP contribution in [0.25, 0.3) is 22.6 Å². The number of rotatable bonds is 10. The first-order chi connectivity index (χ1) is 17.3. The number of unbranched alkanes of at least 4 members (excludes halogenated alkanes) is 1. The van der Waals surface area contributed by atoms with Crippen LogP contribution in [0, 0.1) is 0 Å². The quantitative estimate of drug-likeness (QED) is 0.322. The van der Waals surface area contributed by atoms with Crippen LogP contribution < -0.4 is 0 Å². The third-order valence-corrected chi connectivity index (χ3v) is 5.99. The topological polar surface area (TPSA) is 98.1 Å². The van der Waals surface area contributed by atoms with Gasteiger partial charge in [-0.1, -0.05) is 74.0 Å². The minimum atomic E-state index is 0.623. The van der Waals surface area contributed by atoms with Crippen molar-refractivity contribution >= 4 is 0 Å². The number of pyridine rings is 1. The van der Waals surface area contributed by atoms with E-state index >= 15 is 0 Å². The molecule has 0 atom stereocenters. The normalized spacial score (nSPS) is 11.1. The molecule has 8 nitrogen and oxygen atoms in total. The highest BCUT2D eigenvalue weighted by Gasteiger charge is 2.13. The summed E-state index contributed by atoms with van der Waals surface area (Å²) in [6, 6.07) is 22.6. The smallest absolute Gasteiger partial charge is 0.180 e. The van der Waals surface area contributed by atoms with Crippen molar-refractivity contribution in [3.8, 4) is 22.6 Å². The summed E-state index contributed by atoms with van der Waals surface area (Å²) in [5.74, 6) is 2.57. The second-order valence-corrected chi connectivity index (χ2v) is 8.54. The summed E-state index contributed by atoms with van der Waals surface area (Å²) in [6.07, 6.45) is 6.84. The molecule has 35 heavy (non-hydrogen) atoms. The molecule has 0 radical (unpaired) electrons. The zero-order valence-electron chi connectivity index (χ0n) is 19.8. The predicted octanol–water partition coefficient (Wildman–Crippen LogP) is 4.70. The minimum Gasteiger partial charge on any atom is -0.256 e. The zero-order valence-corrected chi connectivity index (χ0v) is 19.8. The lowest BCUT2D eigenvalue weighted by atomic mass is 10.0. The van der Waals surface area contributed by atoms with Crippen molar-refractivity contribution in [3.63, 3.8) is 0 Å². The molecule has 0 aliphatic rings. The Bertz CT molecular complexity index is 1340. The van der Waals surface area contributed by atoms with Gasteiger partial charge in [0.25, 0.3) is 0 Å². The maximum Gasteiger partial charge on any atom is 0.180 e. The lowest BCUT2D eigenvalue weighted by molar-refractivity contribution is 0.612. The first-order valence-electron chi connectivity index (χ1n) is 12.0. The van der Waals surface area contributed by atoms with Crippen LogP contribution >= 0.6 is 0 Å². The van der Waals surface area contributed by atoms with E-state index in [4.69, 9.17) is 15.1 Å². The van der Waals surface area contributed by atoms with E-state index in [1.165, 1.54) is 5.56 Å². The van der Waals surface area contributed by atoms with Gasteiger partial charge >= 0.3 is 0 Å². The number of hydrogen-bond acceptors (Lipinski definition) is 6. The third-order valence-electron chi connectivity index (χ3n) is 5.99. The van der Waals surface area contributed by atoms with Crippen LogP contribution in [0.4, 0.5) is 0 Å². The Morgan fingerprint density at radius 1 is 0.829 bits per heavy atom. The van der Waals surface area contributed by atoms with Gasteiger partial charge in [0.15, 0.2) is 11.6 Å². The lowest BCUT2D eigenvalue weighted by Gasteiger charge is -2.09. The fraction of sp³-hybridized carbons (Fsp3) is 0.259. The van der Waals surface area contributed by atoms with E-state index in [0.717, 1.165) is 66.1 Å². The molecule has 0 bridgehead atoms. The van der Waals surface area contributed by atoms with Gasteiger partial charge in [-0.25, -0.2) is 14.8 Å². The van der Waals surface area contributed by atoms with E-state index in [-0.39, 0.29) is 0 Å². The predicted molar refractivity (Wildman–Crippen MR) is 134 cm³/mol. The van der Waals surface area contributed by atoms with Crippen molar-refractivity contribution in [3.05, 3.63) is 95.7 Å². The molecule has 176 valence electrons. The van der Waals surface area contributed by atoms with Crippen molar-refractivity contribution in [1.82, 2.24) is 40.4 Å². The molecule has 0 spiro atoms. The van der Waals surface area contributed by atoms with Gasteiger partial charge in [-0.15, -0.1) is 5.10 Å². The van der Waals surface area contributed by atoms with Gasteiger partial charge in [-0.3, -0.25) is 4.98 Å². The molecule has 8 heteroatoms. The average Bonchev–Trinajstić information content (AvgIpc) is 3.58. The zero-order chi connectivity index (χ0) is 23.9. The molecule has 0 unspecified atom stereocenters. The Morgan fingerprint density at radius 3 is 2.40 bits per heavy atom. The lowest BCUT2D eigenvalue weighted by Crippen LogP contribution is -2.08. The van der Waals surface area contributed by atoms with E-state index in [2.05, 4.69) is 57.9 Å². The first-order valence-corrected chi connectivity index (χ1v) is 12.0. The molecule has 1 N–H and O–H groups in total. The number of aryl methyl sites for hydroxylation is 3. The maximum atomic E-state index is 4.87. The molecule has 3 heterocycles. The van der Waals surface area contributed by atoms with Crippen molar-refractivity contribution in [2.75, 3.05) is 0 Å². The molecule has 3 aromatic heterocycles. The van der Waals surface area contributed by atoms with Crippen LogP contribution in [0.3, 0.4) is 0 Å². The number of H-pyrrole nitrogens is 1. The number of hydrogen-bond donors (Lipinski definition) is 1. The molecular weight excluding hydrogens is 436 g/mol. The average molecular weight is 465 g/mol. The largest absolute Gasteiger partial charge is 0.256 e. The van der Waals surface area contributed by atoms with Crippen molar-refractivity contribution < 1.29 is 0 Å². The van der Waals surface area contributed by atoms with Crippen LogP contribution in [0.5, 0.6) is 0 Å². The third kappa shape index (κ3) is 5.48. The maximum absolute atomic E-state index is 4.87. The van der Waals surface area contributed by atoms with Crippen LogP contribution in [-0.4, -0.2) is 40.4 Å². The van der Waals surface area contributed by atoms with Gasteiger partial charge in [-0.2, -0.15) is 5.10 Å². The van der Waals surface area contributed by atoms with Crippen LogP contribution in [0.15, 0.2) is 72.9 Å². The van der Waals surface area contributed by atoms with Crippen LogP contribution in [0.1, 0.15) is 42.5 Å². The fourth-order valence-electron chi connectivity index (χ4n) is 4.12. The number of tetrazole rings is 1. The Hall–Kier alpha value is -4.20. The summed E-state index contributed by atoms with van der Waals surface area (Å²) in [5, 5.41) is 19.1. The summed E-state index contributed by atoms with van der Waals surface area (Å²) in [6.45, 7) is 2.85. The summed E-state index contributed by atoms with van der Waals surface area (Å²) in [4.78, 5) is 9.62. The molecule has 0 amide bonds. The van der Waals surface area contributed by atoms with Crippen LogP contribution in [-0.2, 0) is 25.8 Å². The molecule has 2 aromatic carbocycles. The van der Waals surface area contributed by atoms with Gasteiger partial charge in [-0.05, 0) is 40.5 Å². The van der Waals surface area contributed by atoms with Gasteiger partial charge in [0.1, 0.15) is 5.82 Å². The molecule has 0 aliphatic carbocycles. The van der Waals surface area contributed by atoms with E-state index in [9.17, 15) is 0 Å². The van der Waals surface area contributed by atoms with Gasteiger partial charge in [0, 0.05) is 30.2 Å². The summed E-state index contributed by atoms with van der Waals surface area (Å²) < 4.78 is 2.04. The van der Waals surface area contributed by atoms with Crippen molar-refractivity contribution in [2.24, 2.45) is 0 Å². The Kier molecular flexibility index (Phi) is 6.98. The Balaban J connectivity index is 1.34. The van der Waals surface area contributed by atoms with E-state index < -0.39 is 0 Å². The number of aromatic amines is 1. The van der Waals surface area contributed by atoms with Crippen LogP contribution in [0.2, 0.25) is 0 Å². The number of aromatic nitrogens is 8. The van der Waals surface area contributed by atoms with Gasteiger partial charge in [0.05, 0.1) is 12.2 Å². The second-order valence-electron chi connectivity index (χ2n) is 8.54. The monoisotopic (exact) mass is 464 g/mol. The highest BCUT2D eigenvalue weighted by Crippen LogP contribution is 2.28. The SMILES string of the molecule is CCCCc1nc(CCc2ccccc2)nn1Cc1ccc(-c2ccccc2-c2nnn[nH]2)nc1. The van der Waals surface area contributed by atoms with E-state index in [1.54, 1.807) is 0 Å². The molecule has 0 fully saturated rings. The molecule has 5 rings (SSSR count). The number of nitrogens with one attached hydrogen (secondary N) is 1. The summed E-state index contributed by atoms with van der Waals surface area (Å²) in [7, 11) is 0. The first kappa shape index (κ1) is 22.6. The van der Waals surface area contributed by atoms with Gasteiger partial charge in [0.2, 0.25) is 0 Å². The number of nitrogens with zero attached hydrogens (tertiary/aromatic N) is 7. The summed E-state index contributed by atoms with van der Waals surface area (Å²) in [5.41, 5.74) is 5.16. The van der Waals surface area contributed by atoms with Crippen molar-refractivity contribution in [2.45, 2.75) is 45.6 Å².